The molecular formula is C31H34N+. The first-order valence-electron chi connectivity index (χ1n) is 11.7. The summed E-state index contributed by atoms with van der Waals surface area (Å²) in [5.74, 6) is 0. The van der Waals surface area contributed by atoms with Crippen LogP contribution >= 0.6 is 0 Å². The summed E-state index contributed by atoms with van der Waals surface area (Å²) in [6.07, 6.45) is 2.17. The fraction of sp³-hybridized carbons (Fsp3) is 0.323. The molecule has 0 spiro atoms. The topological polar surface area (TPSA) is 3.88 Å². The first-order chi connectivity index (χ1) is 15.0. The maximum Gasteiger partial charge on any atom is 0.212 e. The second-order valence-electron chi connectivity index (χ2n) is 10.9. The Labute approximate surface area is 192 Å². The van der Waals surface area contributed by atoms with Crippen LogP contribution in [0.25, 0.3) is 33.2 Å². The molecule has 0 saturated carbocycles. The molecule has 1 heterocycles. The smallest absolute Gasteiger partial charge is 0.201 e. The van der Waals surface area contributed by atoms with Crippen LogP contribution in [-0.2, 0) is 17.9 Å². The third-order valence-corrected chi connectivity index (χ3v) is 8.28. The third-order valence-electron chi connectivity index (χ3n) is 8.28. The number of aryl methyl sites for hydroxylation is 4. The zero-order chi connectivity index (χ0) is 23.0. The molecule has 0 fully saturated rings. The van der Waals surface area contributed by atoms with E-state index in [0.717, 1.165) is 0 Å². The lowest BCUT2D eigenvalue weighted by atomic mass is 9.55. The van der Waals surface area contributed by atoms with E-state index in [-0.39, 0.29) is 10.8 Å². The van der Waals surface area contributed by atoms with Gasteiger partial charge in [-0.05, 0) is 94.0 Å². The Morgan fingerprint density at radius 2 is 1.22 bits per heavy atom. The first-order valence-corrected chi connectivity index (χ1v) is 11.7. The molecule has 3 aromatic carbocycles. The van der Waals surface area contributed by atoms with Crippen molar-refractivity contribution in [1.29, 1.82) is 0 Å². The van der Waals surface area contributed by atoms with Crippen LogP contribution in [0.5, 0.6) is 0 Å². The summed E-state index contributed by atoms with van der Waals surface area (Å²) in [7, 11) is 2.14. The average molecular weight is 421 g/mol. The van der Waals surface area contributed by atoms with Crippen molar-refractivity contribution in [1.82, 2.24) is 0 Å². The van der Waals surface area contributed by atoms with Gasteiger partial charge in [-0.1, -0.05) is 57.5 Å². The first kappa shape index (κ1) is 20.9. The summed E-state index contributed by atoms with van der Waals surface area (Å²) in [6.45, 7) is 16.3. The van der Waals surface area contributed by atoms with E-state index < -0.39 is 0 Å². The molecule has 0 bridgehead atoms. The number of hydrogen-bond acceptors (Lipinski definition) is 0. The molecule has 0 amide bonds. The van der Waals surface area contributed by atoms with Crippen molar-refractivity contribution < 1.29 is 4.57 Å². The van der Waals surface area contributed by atoms with E-state index in [4.69, 9.17) is 0 Å². The van der Waals surface area contributed by atoms with Crippen LogP contribution in [0.15, 0.2) is 60.8 Å². The highest BCUT2D eigenvalue weighted by atomic mass is 14.9. The largest absolute Gasteiger partial charge is 0.212 e. The van der Waals surface area contributed by atoms with Crippen LogP contribution in [0.2, 0.25) is 0 Å². The number of hydrogen-bond donors (Lipinski definition) is 0. The second-order valence-corrected chi connectivity index (χ2v) is 10.9. The molecule has 1 aromatic heterocycles. The maximum absolute atomic E-state index is 2.46. The standard InChI is InChI=1S/C31H34N/c1-19-9-10-22-16-25-26-18-24(29-14-20(2)11-12-32(29)8)21(3)15-27(26)30(4,5)31(6,7)28(25)17-23(22)13-19/h9-18H,1-8H3/q+1. The summed E-state index contributed by atoms with van der Waals surface area (Å²) in [6, 6.07) is 21.1. The molecule has 0 saturated heterocycles. The number of benzene rings is 3. The molecule has 0 radical (unpaired) electrons. The van der Waals surface area contributed by atoms with Gasteiger partial charge in [-0.15, -0.1) is 0 Å². The van der Waals surface area contributed by atoms with Crippen molar-refractivity contribution >= 4 is 10.8 Å². The summed E-state index contributed by atoms with van der Waals surface area (Å²) in [5, 5.41) is 2.66. The molecule has 0 aliphatic heterocycles. The van der Waals surface area contributed by atoms with Gasteiger partial charge in [0.15, 0.2) is 6.20 Å². The summed E-state index contributed by atoms with van der Waals surface area (Å²) in [4.78, 5) is 0. The summed E-state index contributed by atoms with van der Waals surface area (Å²) >= 11 is 0. The average Bonchev–Trinajstić information content (AvgIpc) is 2.73. The van der Waals surface area contributed by atoms with Gasteiger partial charge in [0, 0.05) is 17.7 Å². The van der Waals surface area contributed by atoms with Crippen LogP contribution < -0.4 is 4.57 Å². The van der Waals surface area contributed by atoms with Crippen molar-refractivity contribution in [2.45, 2.75) is 59.3 Å². The minimum atomic E-state index is 0.0188. The Hall–Kier alpha value is -2.93. The van der Waals surface area contributed by atoms with Gasteiger partial charge >= 0.3 is 0 Å². The molecule has 0 atom stereocenters. The number of pyridine rings is 1. The van der Waals surface area contributed by atoms with Gasteiger partial charge in [0.2, 0.25) is 5.69 Å². The molecule has 162 valence electrons. The lowest BCUT2D eigenvalue weighted by Crippen LogP contribution is -2.43. The highest BCUT2D eigenvalue weighted by Gasteiger charge is 2.46. The Morgan fingerprint density at radius 1 is 0.594 bits per heavy atom. The Morgan fingerprint density at radius 3 is 1.94 bits per heavy atom. The van der Waals surface area contributed by atoms with Crippen molar-refractivity contribution in [2.24, 2.45) is 7.05 Å². The highest BCUT2D eigenvalue weighted by molar-refractivity contribution is 5.93. The van der Waals surface area contributed by atoms with Gasteiger partial charge in [0.05, 0.1) is 0 Å². The van der Waals surface area contributed by atoms with Crippen molar-refractivity contribution in [3.05, 3.63) is 88.6 Å². The van der Waals surface area contributed by atoms with Gasteiger partial charge in [0.25, 0.3) is 0 Å². The zero-order valence-corrected chi connectivity index (χ0v) is 20.7. The fourth-order valence-electron chi connectivity index (χ4n) is 5.50. The molecule has 1 heteroatoms. The number of fused-ring (bicyclic) bond motifs is 4. The van der Waals surface area contributed by atoms with Crippen LogP contribution in [0, 0.1) is 20.8 Å². The molecule has 5 rings (SSSR count). The van der Waals surface area contributed by atoms with Crippen LogP contribution in [0.3, 0.4) is 0 Å². The van der Waals surface area contributed by atoms with E-state index in [1.54, 1.807) is 0 Å². The van der Waals surface area contributed by atoms with Crippen molar-refractivity contribution in [3.63, 3.8) is 0 Å². The van der Waals surface area contributed by atoms with E-state index in [9.17, 15) is 0 Å². The van der Waals surface area contributed by atoms with Crippen LogP contribution in [0.1, 0.15) is 55.5 Å². The molecule has 0 N–H and O–H groups in total. The van der Waals surface area contributed by atoms with E-state index in [2.05, 4.69) is 121 Å². The lowest BCUT2D eigenvalue weighted by molar-refractivity contribution is -0.660. The highest BCUT2D eigenvalue weighted by Crippen LogP contribution is 2.55. The number of nitrogens with zero attached hydrogens (tertiary/aromatic N) is 1. The minimum Gasteiger partial charge on any atom is -0.201 e. The molecular weight excluding hydrogens is 386 g/mol. The quantitative estimate of drug-likeness (QED) is 0.281. The van der Waals surface area contributed by atoms with E-state index >= 15 is 0 Å². The van der Waals surface area contributed by atoms with Crippen LogP contribution in [0.4, 0.5) is 0 Å². The van der Waals surface area contributed by atoms with Crippen molar-refractivity contribution in [3.8, 4) is 22.4 Å². The van der Waals surface area contributed by atoms with Gasteiger partial charge in [-0.2, -0.15) is 0 Å². The maximum atomic E-state index is 2.46. The predicted octanol–water partition coefficient (Wildman–Crippen LogP) is 7.49. The van der Waals surface area contributed by atoms with E-state index in [1.807, 2.05) is 0 Å². The fourth-order valence-corrected chi connectivity index (χ4v) is 5.50. The molecule has 1 nitrogen and oxygen atoms in total. The van der Waals surface area contributed by atoms with Crippen molar-refractivity contribution in [2.75, 3.05) is 0 Å². The Balaban J connectivity index is 1.88. The monoisotopic (exact) mass is 420 g/mol. The van der Waals surface area contributed by atoms with Gasteiger partial charge in [-0.25, -0.2) is 4.57 Å². The number of rotatable bonds is 1. The molecule has 32 heavy (non-hydrogen) atoms. The summed E-state index contributed by atoms with van der Waals surface area (Å²) < 4.78 is 2.24. The van der Waals surface area contributed by atoms with Gasteiger partial charge in [-0.3, -0.25) is 0 Å². The normalized spacial score (nSPS) is 16.0. The van der Waals surface area contributed by atoms with Crippen LogP contribution in [-0.4, -0.2) is 0 Å². The second kappa shape index (κ2) is 6.78. The molecule has 1 aliphatic rings. The Kier molecular flexibility index (Phi) is 4.44. The lowest BCUT2D eigenvalue weighted by Gasteiger charge is -2.48. The predicted molar refractivity (Wildman–Crippen MR) is 136 cm³/mol. The zero-order valence-electron chi connectivity index (χ0n) is 20.7. The van der Waals surface area contributed by atoms with Gasteiger partial charge in [0.1, 0.15) is 7.05 Å². The SMILES string of the molecule is Cc1cc[n+](C)c(-c2cc3c(cc2C)C(C)(C)C(C)(C)c2cc4cc(C)ccc4cc2-3)c1. The van der Waals surface area contributed by atoms with E-state index in [1.165, 1.54) is 61.0 Å². The minimum absolute atomic E-state index is 0.0188. The molecule has 1 aliphatic carbocycles. The summed E-state index contributed by atoms with van der Waals surface area (Å²) in [5.41, 5.74) is 12.3. The Bertz CT molecular complexity index is 1400. The molecule has 0 unspecified atom stereocenters. The van der Waals surface area contributed by atoms with Gasteiger partial charge < -0.3 is 0 Å². The number of aromatic nitrogens is 1. The molecule has 4 aromatic rings. The third kappa shape index (κ3) is 2.87. The van der Waals surface area contributed by atoms with E-state index in [0.29, 0.717) is 0 Å².